The van der Waals surface area contributed by atoms with Crippen LogP contribution in [-0.4, -0.2) is 23.2 Å². The quantitative estimate of drug-likeness (QED) is 0.789. The van der Waals surface area contributed by atoms with Gasteiger partial charge in [0.25, 0.3) is 0 Å². The number of H-pyrrole nitrogens is 1. The molecule has 0 bridgehead atoms. The van der Waals surface area contributed by atoms with E-state index in [2.05, 4.69) is 25.3 Å². The van der Waals surface area contributed by atoms with E-state index >= 15 is 0 Å². The predicted molar refractivity (Wildman–Crippen MR) is 73.1 cm³/mol. The highest BCUT2D eigenvalue weighted by Gasteiger charge is 2.02. The minimum absolute atomic E-state index is 0.479. The van der Waals surface area contributed by atoms with Crippen molar-refractivity contribution in [1.82, 2.24) is 9.97 Å². The molecule has 0 aliphatic heterocycles. The summed E-state index contributed by atoms with van der Waals surface area (Å²) in [4.78, 5) is 18.3. The van der Waals surface area contributed by atoms with Crippen LogP contribution in [0, 0.1) is 6.92 Å². The first-order valence-electron chi connectivity index (χ1n) is 5.87. The van der Waals surface area contributed by atoms with E-state index < -0.39 is 6.09 Å². The molecule has 0 radical (unpaired) electrons. The lowest BCUT2D eigenvalue weighted by atomic mass is 10.2. The molecule has 3 N–H and O–H groups in total. The normalized spacial score (nSPS) is 10.0. The van der Waals surface area contributed by atoms with Crippen molar-refractivity contribution >= 4 is 17.5 Å². The summed E-state index contributed by atoms with van der Waals surface area (Å²) < 4.78 is 4.52. The summed E-state index contributed by atoms with van der Waals surface area (Å²) in [6.07, 6.45) is 1.20. The van der Waals surface area contributed by atoms with Gasteiger partial charge in [-0.2, -0.15) is 0 Å². The van der Waals surface area contributed by atoms with Crippen molar-refractivity contribution in [2.75, 3.05) is 17.7 Å². The SMILES string of the molecule is COC(=O)Nc1ccc(NCc2nc[nH]c2C)cc1. The van der Waals surface area contributed by atoms with Crippen molar-refractivity contribution < 1.29 is 9.53 Å². The number of carbonyl (C=O) groups excluding carboxylic acids is 1. The number of imidazole rings is 1. The number of nitrogens with zero attached hydrogens (tertiary/aromatic N) is 1. The average Bonchev–Trinajstić information content (AvgIpc) is 2.83. The molecule has 2 aromatic rings. The zero-order valence-corrected chi connectivity index (χ0v) is 10.9. The fourth-order valence-electron chi connectivity index (χ4n) is 1.59. The van der Waals surface area contributed by atoms with Crippen molar-refractivity contribution in [2.24, 2.45) is 0 Å². The van der Waals surface area contributed by atoms with Crippen LogP contribution < -0.4 is 10.6 Å². The number of amides is 1. The number of hydrogen-bond acceptors (Lipinski definition) is 4. The molecule has 0 aliphatic carbocycles. The number of aromatic amines is 1. The molecular weight excluding hydrogens is 244 g/mol. The van der Waals surface area contributed by atoms with Gasteiger partial charge in [-0.3, -0.25) is 5.32 Å². The molecule has 19 heavy (non-hydrogen) atoms. The number of rotatable bonds is 4. The van der Waals surface area contributed by atoms with Crippen molar-refractivity contribution in [1.29, 1.82) is 0 Å². The molecule has 1 aromatic carbocycles. The summed E-state index contributed by atoms with van der Waals surface area (Å²) in [5, 5.41) is 5.85. The van der Waals surface area contributed by atoms with Crippen molar-refractivity contribution in [3.8, 4) is 0 Å². The van der Waals surface area contributed by atoms with E-state index in [9.17, 15) is 4.79 Å². The second kappa shape index (κ2) is 5.90. The fourth-order valence-corrected chi connectivity index (χ4v) is 1.59. The maximum absolute atomic E-state index is 11.0. The molecule has 0 saturated heterocycles. The third kappa shape index (κ3) is 3.48. The second-order valence-electron chi connectivity index (χ2n) is 4.02. The number of nitrogens with one attached hydrogen (secondary N) is 3. The molecule has 0 atom stereocenters. The molecule has 0 saturated carbocycles. The summed E-state index contributed by atoms with van der Waals surface area (Å²) >= 11 is 0. The third-order valence-electron chi connectivity index (χ3n) is 2.71. The Balaban J connectivity index is 1.92. The minimum Gasteiger partial charge on any atom is -0.453 e. The van der Waals surface area contributed by atoms with Gasteiger partial charge < -0.3 is 15.0 Å². The molecule has 6 heteroatoms. The summed E-state index contributed by atoms with van der Waals surface area (Å²) in [6.45, 7) is 2.63. The molecule has 1 amide bonds. The van der Waals surface area contributed by atoms with Crippen LogP contribution in [0.1, 0.15) is 11.4 Å². The maximum atomic E-state index is 11.0. The summed E-state index contributed by atoms with van der Waals surface area (Å²) in [7, 11) is 1.33. The number of anilines is 2. The zero-order chi connectivity index (χ0) is 13.7. The average molecular weight is 260 g/mol. The lowest BCUT2D eigenvalue weighted by Crippen LogP contribution is -2.10. The Labute approximate surface area is 111 Å². The standard InChI is InChI=1S/C13H16N4O2/c1-9-12(16-8-15-9)7-14-10-3-5-11(6-4-10)17-13(18)19-2/h3-6,8,14H,7H2,1-2H3,(H,15,16)(H,17,18). The molecular formula is C13H16N4O2. The van der Waals surface area contributed by atoms with E-state index in [0.717, 1.165) is 17.1 Å². The first kappa shape index (κ1) is 12.9. The van der Waals surface area contributed by atoms with Crippen LogP contribution in [0.3, 0.4) is 0 Å². The van der Waals surface area contributed by atoms with Crippen molar-refractivity contribution in [3.05, 3.63) is 42.0 Å². The molecule has 1 heterocycles. The topological polar surface area (TPSA) is 79.0 Å². The smallest absolute Gasteiger partial charge is 0.411 e. The van der Waals surface area contributed by atoms with Gasteiger partial charge in [0.15, 0.2) is 0 Å². The van der Waals surface area contributed by atoms with E-state index in [1.807, 2.05) is 19.1 Å². The van der Waals surface area contributed by atoms with Gasteiger partial charge in [-0.1, -0.05) is 0 Å². The highest BCUT2D eigenvalue weighted by molar-refractivity contribution is 5.84. The summed E-state index contributed by atoms with van der Waals surface area (Å²) in [6, 6.07) is 7.37. The molecule has 100 valence electrons. The molecule has 0 aliphatic rings. The molecule has 0 spiro atoms. The van der Waals surface area contributed by atoms with Gasteiger partial charge in [-0.05, 0) is 31.2 Å². The van der Waals surface area contributed by atoms with Gasteiger partial charge in [0, 0.05) is 17.1 Å². The van der Waals surface area contributed by atoms with Gasteiger partial charge >= 0.3 is 6.09 Å². The Kier molecular flexibility index (Phi) is 4.02. The van der Waals surface area contributed by atoms with E-state index in [-0.39, 0.29) is 0 Å². The van der Waals surface area contributed by atoms with Crippen LogP contribution in [-0.2, 0) is 11.3 Å². The number of aryl methyl sites for hydroxylation is 1. The number of benzene rings is 1. The Morgan fingerprint density at radius 2 is 2.00 bits per heavy atom. The largest absolute Gasteiger partial charge is 0.453 e. The van der Waals surface area contributed by atoms with Crippen molar-refractivity contribution in [2.45, 2.75) is 13.5 Å². The fraction of sp³-hybridized carbons (Fsp3) is 0.231. The first-order chi connectivity index (χ1) is 9.19. The summed E-state index contributed by atoms with van der Waals surface area (Å²) in [5.41, 5.74) is 3.68. The van der Waals surface area contributed by atoms with E-state index in [1.165, 1.54) is 7.11 Å². The highest BCUT2D eigenvalue weighted by Crippen LogP contribution is 2.14. The molecule has 0 fully saturated rings. The van der Waals surface area contributed by atoms with Gasteiger partial charge in [-0.25, -0.2) is 9.78 Å². The predicted octanol–water partition coefficient (Wildman–Crippen LogP) is 2.51. The van der Waals surface area contributed by atoms with Crippen LogP contribution >= 0.6 is 0 Å². The van der Waals surface area contributed by atoms with Crippen LogP contribution in [0.4, 0.5) is 16.2 Å². The molecule has 1 aromatic heterocycles. The number of ether oxygens (including phenoxy) is 1. The second-order valence-corrected chi connectivity index (χ2v) is 4.02. The Bertz CT molecular complexity index is 548. The molecule has 2 rings (SSSR count). The van der Waals surface area contributed by atoms with Crippen molar-refractivity contribution in [3.63, 3.8) is 0 Å². The zero-order valence-electron chi connectivity index (χ0n) is 10.9. The lowest BCUT2D eigenvalue weighted by molar-refractivity contribution is 0.187. The maximum Gasteiger partial charge on any atom is 0.411 e. The number of carbonyl (C=O) groups is 1. The van der Waals surface area contributed by atoms with Gasteiger partial charge in [0.1, 0.15) is 0 Å². The Hall–Kier alpha value is -2.50. The van der Waals surface area contributed by atoms with Gasteiger partial charge in [0.2, 0.25) is 0 Å². The van der Waals surface area contributed by atoms with E-state index in [0.29, 0.717) is 12.2 Å². The number of hydrogen-bond donors (Lipinski definition) is 3. The minimum atomic E-state index is -0.479. The Morgan fingerprint density at radius 1 is 1.32 bits per heavy atom. The summed E-state index contributed by atoms with van der Waals surface area (Å²) in [5.74, 6) is 0. The lowest BCUT2D eigenvalue weighted by Gasteiger charge is -2.07. The van der Waals surface area contributed by atoms with Crippen LogP contribution in [0.15, 0.2) is 30.6 Å². The Morgan fingerprint density at radius 3 is 2.58 bits per heavy atom. The third-order valence-corrected chi connectivity index (χ3v) is 2.71. The van der Waals surface area contributed by atoms with E-state index in [4.69, 9.17) is 0 Å². The molecule has 6 nitrogen and oxygen atoms in total. The van der Waals surface area contributed by atoms with Crippen LogP contribution in [0.25, 0.3) is 0 Å². The first-order valence-corrected chi connectivity index (χ1v) is 5.87. The van der Waals surface area contributed by atoms with Crippen LogP contribution in [0.5, 0.6) is 0 Å². The van der Waals surface area contributed by atoms with Gasteiger partial charge in [0.05, 0.1) is 25.7 Å². The van der Waals surface area contributed by atoms with E-state index in [1.54, 1.807) is 18.5 Å². The monoisotopic (exact) mass is 260 g/mol. The number of aromatic nitrogens is 2. The highest BCUT2D eigenvalue weighted by atomic mass is 16.5. The molecule has 0 unspecified atom stereocenters. The van der Waals surface area contributed by atoms with Crippen LogP contribution in [0.2, 0.25) is 0 Å². The number of methoxy groups -OCH3 is 1. The van der Waals surface area contributed by atoms with Gasteiger partial charge in [-0.15, -0.1) is 0 Å².